The Morgan fingerprint density at radius 1 is 0.714 bits per heavy atom. The van der Waals surface area contributed by atoms with Gasteiger partial charge in [0.2, 0.25) is 0 Å². The molecule has 2 aromatic carbocycles. The number of thiocarbonyl (C=S) groups is 2. The molecule has 0 unspecified atom stereocenters. The van der Waals surface area contributed by atoms with Crippen molar-refractivity contribution >= 4 is 46.1 Å². The first-order valence-corrected chi connectivity index (χ1v) is 7.47. The quantitative estimate of drug-likeness (QED) is 0.570. The molecule has 2 nitrogen and oxygen atoms in total. The minimum atomic E-state index is 0.139. The van der Waals surface area contributed by atoms with E-state index in [2.05, 4.69) is 69.0 Å². The molecule has 3 rings (SSSR count). The summed E-state index contributed by atoms with van der Waals surface area (Å²) in [4.78, 5) is 7.98. The predicted molar refractivity (Wildman–Crippen MR) is 92.3 cm³/mol. The first kappa shape index (κ1) is 14.0. The minimum absolute atomic E-state index is 0.139. The summed E-state index contributed by atoms with van der Waals surface area (Å²) in [6, 6.07) is 16.4. The fourth-order valence-corrected chi connectivity index (χ4v) is 2.90. The average Bonchev–Trinajstić information content (AvgIpc) is 3.31. The fourth-order valence-electron chi connectivity index (χ4n) is 2.68. The molecule has 1 aliphatic rings. The Bertz CT molecular complexity index is 683. The monoisotopic (exact) mass is 308 g/mol. The van der Waals surface area contributed by atoms with Gasteiger partial charge in [-0.3, -0.25) is 0 Å². The van der Waals surface area contributed by atoms with Crippen molar-refractivity contribution < 1.29 is 0 Å². The Balaban J connectivity index is 1.93. The van der Waals surface area contributed by atoms with Gasteiger partial charge in [0, 0.05) is 5.41 Å². The maximum Gasteiger partial charge on any atom is 0.0739 e. The van der Waals surface area contributed by atoms with Crippen molar-refractivity contribution in [3.8, 4) is 0 Å². The third-order valence-corrected chi connectivity index (χ3v) is 4.12. The second kappa shape index (κ2) is 5.80. The number of hydrogen-bond acceptors (Lipinski definition) is 4. The summed E-state index contributed by atoms with van der Waals surface area (Å²) in [5.41, 5.74) is 4.46. The third-order valence-electron chi connectivity index (χ3n) is 3.94. The molecule has 0 aliphatic heterocycles. The molecule has 0 heterocycles. The van der Waals surface area contributed by atoms with E-state index in [0.717, 1.165) is 11.4 Å². The zero-order valence-corrected chi connectivity index (χ0v) is 12.9. The van der Waals surface area contributed by atoms with Crippen LogP contribution >= 0.6 is 24.4 Å². The van der Waals surface area contributed by atoms with Crippen LogP contribution in [0.2, 0.25) is 0 Å². The SMILES string of the molecule is S=C=Nc1ccc(C2(c3ccc(N=C=S)cc3)CC2)cc1. The first-order valence-electron chi connectivity index (χ1n) is 6.65. The van der Waals surface area contributed by atoms with E-state index < -0.39 is 0 Å². The molecule has 0 amide bonds. The van der Waals surface area contributed by atoms with E-state index in [-0.39, 0.29) is 5.41 Å². The molecular formula is C17H12N2S2. The molecule has 1 fully saturated rings. The van der Waals surface area contributed by atoms with Gasteiger partial charge in [-0.1, -0.05) is 24.3 Å². The van der Waals surface area contributed by atoms with Gasteiger partial charge in [0.15, 0.2) is 0 Å². The van der Waals surface area contributed by atoms with Crippen LogP contribution in [0.4, 0.5) is 11.4 Å². The topological polar surface area (TPSA) is 24.7 Å². The van der Waals surface area contributed by atoms with Crippen molar-refractivity contribution in [2.24, 2.45) is 9.98 Å². The van der Waals surface area contributed by atoms with E-state index in [1.807, 2.05) is 24.3 Å². The number of hydrogen-bond donors (Lipinski definition) is 0. The molecule has 1 aliphatic carbocycles. The Hall–Kier alpha value is -1.96. The maximum atomic E-state index is 4.62. The summed E-state index contributed by atoms with van der Waals surface area (Å²) < 4.78 is 0. The molecule has 21 heavy (non-hydrogen) atoms. The zero-order valence-electron chi connectivity index (χ0n) is 11.2. The molecule has 4 heteroatoms. The number of isothiocyanates is 2. The minimum Gasteiger partial charge on any atom is -0.195 e. The lowest BCUT2D eigenvalue weighted by atomic mass is 9.88. The van der Waals surface area contributed by atoms with Crippen LogP contribution in [0.5, 0.6) is 0 Å². The second-order valence-electron chi connectivity index (χ2n) is 5.08. The standard InChI is InChI=1S/C17H12N2S2/c20-11-18-15-5-1-13(2-6-15)17(9-10-17)14-3-7-16(8-4-14)19-12-21/h1-8H,9-10H2. The molecule has 0 bridgehead atoms. The highest BCUT2D eigenvalue weighted by atomic mass is 32.1. The Kier molecular flexibility index (Phi) is 3.87. The van der Waals surface area contributed by atoms with E-state index in [1.54, 1.807) is 0 Å². The molecular weight excluding hydrogens is 296 g/mol. The Morgan fingerprint density at radius 2 is 1.10 bits per heavy atom. The number of aliphatic imine (C=N–C) groups is 2. The summed E-state index contributed by atoms with van der Waals surface area (Å²) in [6.07, 6.45) is 2.33. The van der Waals surface area contributed by atoms with Crippen LogP contribution in [-0.4, -0.2) is 10.3 Å². The lowest BCUT2D eigenvalue weighted by Crippen LogP contribution is -2.07. The van der Waals surface area contributed by atoms with Crippen molar-refractivity contribution in [3.63, 3.8) is 0 Å². The van der Waals surface area contributed by atoms with Crippen LogP contribution in [-0.2, 0) is 5.41 Å². The van der Waals surface area contributed by atoms with Gasteiger partial charge in [-0.2, -0.15) is 9.98 Å². The highest BCUT2D eigenvalue weighted by Gasteiger charge is 2.45. The highest BCUT2D eigenvalue weighted by molar-refractivity contribution is 7.78. The van der Waals surface area contributed by atoms with E-state index in [4.69, 9.17) is 0 Å². The fraction of sp³-hybridized carbons (Fsp3) is 0.176. The van der Waals surface area contributed by atoms with Gasteiger partial charge in [-0.25, -0.2) is 0 Å². The van der Waals surface area contributed by atoms with Gasteiger partial charge in [-0.15, -0.1) is 0 Å². The smallest absolute Gasteiger partial charge is 0.0739 e. The third kappa shape index (κ3) is 2.76. The van der Waals surface area contributed by atoms with Gasteiger partial charge in [-0.05, 0) is 72.7 Å². The van der Waals surface area contributed by atoms with Gasteiger partial charge in [0.25, 0.3) is 0 Å². The molecule has 1 saturated carbocycles. The Labute approximate surface area is 134 Å². The van der Waals surface area contributed by atoms with Crippen LogP contribution < -0.4 is 0 Å². The van der Waals surface area contributed by atoms with E-state index in [0.29, 0.717) is 0 Å². The summed E-state index contributed by atoms with van der Waals surface area (Å²) in [7, 11) is 0. The number of nitrogens with zero attached hydrogens (tertiary/aromatic N) is 2. The first-order chi connectivity index (χ1) is 10.3. The molecule has 0 radical (unpaired) electrons. The molecule has 0 atom stereocenters. The van der Waals surface area contributed by atoms with Crippen molar-refractivity contribution in [1.82, 2.24) is 0 Å². The van der Waals surface area contributed by atoms with Gasteiger partial charge in [0.1, 0.15) is 0 Å². The highest BCUT2D eigenvalue weighted by Crippen LogP contribution is 2.53. The molecule has 102 valence electrons. The van der Waals surface area contributed by atoms with Crippen LogP contribution in [0.3, 0.4) is 0 Å². The molecule has 0 N–H and O–H groups in total. The van der Waals surface area contributed by atoms with Gasteiger partial charge >= 0.3 is 0 Å². The normalized spacial score (nSPS) is 14.7. The van der Waals surface area contributed by atoms with Crippen LogP contribution in [0.1, 0.15) is 24.0 Å². The van der Waals surface area contributed by atoms with Crippen LogP contribution in [0, 0.1) is 0 Å². The largest absolute Gasteiger partial charge is 0.195 e. The van der Waals surface area contributed by atoms with Crippen molar-refractivity contribution in [2.75, 3.05) is 0 Å². The van der Waals surface area contributed by atoms with Crippen molar-refractivity contribution in [3.05, 3.63) is 59.7 Å². The lowest BCUT2D eigenvalue weighted by Gasteiger charge is -2.16. The van der Waals surface area contributed by atoms with Gasteiger partial charge in [0.05, 0.1) is 21.7 Å². The van der Waals surface area contributed by atoms with Crippen LogP contribution in [0.15, 0.2) is 58.5 Å². The summed E-state index contributed by atoms with van der Waals surface area (Å²) >= 11 is 9.25. The predicted octanol–water partition coefficient (Wildman–Crippen LogP) is 5.24. The summed E-state index contributed by atoms with van der Waals surface area (Å²) in [5.74, 6) is 0. The number of rotatable bonds is 4. The molecule has 0 saturated heterocycles. The molecule has 0 aromatic heterocycles. The van der Waals surface area contributed by atoms with Gasteiger partial charge < -0.3 is 0 Å². The molecule has 2 aromatic rings. The van der Waals surface area contributed by atoms with Crippen LogP contribution in [0.25, 0.3) is 0 Å². The van der Waals surface area contributed by atoms with E-state index >= 15 is 0 Å². The zero-order chi connectivity index (χ0) is 14.7. The van der Waals surface area contributed by atoms with Crippen molar-refractivity contribution in [2.45, 2.75) is 18.3 Å². The summed E-state index contributed by atoms with van der Waals surface area (Å²) in [5, 5.41) is 4.78. The Morgan fingerprint density at radius 3 is 1.38 bits per heavy atom. The van der Waals surface area contributed by atoms with E-state index in [1.165, 1.54) is 24.0 Å². The molecule has 0 spiro atoms. The second-order valence-corrected chi connectivity index (χ2v) is 5.45. The van der Waals surface area contributed by atoms with E-state index in [9.17, 15) is 0 Å². The maximum absolute atomic E-state index is 4.62. The van der Waals surface area contributed by atoms with Crippen molar-refractivity contribution in [1.29, 1.82) is 0 Å². The number of benzene rings is 2. The summed E-state index contributed by atoms with van der Waals surface area (Å²) in [6.45, 7) is 0. The lowest BCUT2D eigenvalue weighted by molar-refractivity contribution is 0.847. The average molecular weight is 308 g/mol.